The second-order valence-electron chi connectivity index (χ2n) is 3.04. The summed E-state index contributed by atoms with van der Waals surface area (Å²) in [6, 6.07) is 10.3. The molecule has 0 N–H and O–H groups in total. The van der Waals surface area contributed by atoms with Crippen molar-refractivity contribution in [2.45, 2.75) is 19.8 Å². The van der Waals surface area contributed by atoms with Gasteiger partial charge in [-0.25, -0.2) is 0 Å². The maximum absolute atomic E-state index is 10.6. The van der Waals surface area contributed by atoms with Gasteiger partial charge in [0.05, 0.1) is 0 Å². The Bertz CT molecular complexity index is 285. The summed E-state index contributed by atoms with van der Waals surface area (Å²) < 4.78 is 0. The van der Waals surface area contributed by atoms with E-state index in [1.165, 1.54) is 5.56 Å². The highest BCUT2D eigenvalue weighted by Gasteiger charge is 1.88. The van der Waals surface area contributed by atoms with E-state index in [0.717, 1.165) is 12.8 Å². The summed E-state index contributed by atoms with van der Waals surface area (Å²) in [5, 5.41) is 0. The normalized spacial score (nSPS) is 10.5. The molecule has 0 aromatic heterocycles. The molecule has 0 fully saturated rings. The van der Waals surface area contributed by atoms with Crippen LogP contribution in [0.15, 0.2) is 42.5 Å². The van der Waals surface area contributed by atoms with Gasteiger partial charge in [-0.2, -0.15) is 0 Å². The number of carbonyl (C=O) groups is 1. The van der Waals surface area contributed by atoms with Crippen LogP contribution >= 0.6 is 0 Å². The van der Waals surface area contributed by atoms with Crippen LogP contribution in [0, 0.1) is 0 Å². The van der Waals surface area contributed by atoms with Crippen LogP contribution in [0.4, 0.5) is 0 Å². The number of hydrogen-bond acceptors (Lipinski definition) is 1. The summed E-state index contributed by atoms with van der Waals surface area (Å²) in [7, 11) is 0. The molecule has 68 valence electrons. The van der Waals surface area contributed by atoms with E-state index < -0.39 is 0 Å². The first-order valence-electron chi connectivity index (χ1n) is 4.50. The van der Waals surface area contributed by atoms with Crippen molar-refractivity contribution >= 4 is 5.78 Å². The fraction of sp³-hybridized carbons (Fsp3) is 0.250. The molecule has 0 bridgehead atoms. The summed E-state index contributed by atoms with van der Waals surface area (Å²) in [6.45, 7) is 1.57. The van der Waals surface area contributed by atoms with Crippen molar-refractivity contribution < 1.29 is 4.79 Å². The summed E-state index contributed by atoms with van der Waals surface area (Å²) in [4.78, 5) is 10.6. The predicted octanol–water partition coefficient (Wildman–Crippen LogP) is 2.76. The number of rotatable bonds is 4. The lowest BCUT2D eigenvalue weighted by Gasteiger charge is -1.95. The Hall–Kier alpha value is -1.37. The zero-order chi connectivity index (χ0) is 9.52. The Morgan fingerprint density at radius 3 is 2.62 bits per heavy atom. The van der Waals surface area contributed by atoms with E-state index in [9.17, 15) is 4.79 Å². The molecule has 0 heterocycles. The number of benzene rings is 1. The molecule has 1 nitrogen and oxygen atoms in total. The lowest BCUT2D eigenvalue weighted by molar-refractivity contribution is -0.112. The van der Waals surface area contributed by atoms with Crippen LogP contribution in [0.1, 0.15) is 18.9 Å². The highest BCUT2D eigenvalue weighted by molar-refractivity contribution is 5.87. The van der Waals surface area contributed by atoms with E-state index in [2.05, 4.69) is 12.1 Å². The summed E-state index contributed by atoms with van der Waals surface area (Å²) in [6.07, 6.45) is 5.49. The van der Waals surface area contributed by atoms with Gasteiger partial charge in [0, 0.05) is 0 Å². The molecule has 0 saturated heterocycles. The third kappa shape index (κ3) is 4.26. The molecule has 0 saturated carbocycles. The molecule has 1 rings (SSSR count). The van der Waals surface area contributed by atoms with Gasteiger partial charge in [0.1, 0.15) is 0 Å². The van der Waals surface area contributed by atoms with Gasteiger partial charge in [-0.3, -0.25) is 4.79 Å². The Labute approximate surface area is 79.1 Å². The van der Waals surface area contributed by atoms with E-state index in [4.69, 9.17) is 0 Å². The summed E-state index contributed by atoms with van der Waals surface area (Å²) in [5.74, 6) is 0.119. The van der Waals surface area contributed by atoms with Crippen LogP contribution in [-0.2, 0) is 11.2 Å². The van der Waals surface area contributed by atoms with Crippen molar-refractivity contribution in [1.82, 2.24) is 0 Å². The van der Waals surface area contributed by atoms with Crippen molar-refractivity contribution in [3.05, 3.63) is 48.0 Å². The molecule has 0 aliphatic carbocycles. The second-order valence-corrected chi connectivity index (χ2v) is 3.04. The van der Waals surface area contributed by atoms with Crippen molar-refractivity contribution in [3.8, 4) is 0 Å². The Morgan fingerprint density at radius 1 is 1.31 bits per heavy atom. The molecule has 1 aromatic rings. The molecule has 1 aromatic carbocycles. The van der Waals surface area contributed by atoms with Crippen LogP contribution in [0.5, 0.6) is 0 Å². The Kier molecular flexibility index (Phi) is 3.97. The van der Waals surface area contributed by atoms with Crippen LogP contribution < -0.4 is 0 Å². The van der Waals surface area contributed by atoms with Gasteiger partial charge in [-0.05, 0) is 31.4 Å². The van der Waals surface area contributed by atoms with E-state index in [1.54, 1.807) is 13.0 Å². The van der Waals surface area contributed by atoms with Gasteiger partial charge in [-0.1, -0.05) is 36.4 Å². The quantitative estimate of drug-likeness (QED) is 0.641. The molecule has 0 spiro atoms. The minimum absolute atomic E-state index is 0.119. The molecule has 0 aliphatic heterocycles. The lowest BCUT2D eigenvalue weighted by Crippen LogP contribution is -1.83. The van der Waals surface area contributed by atoms with Gasteiger partial charge in [0.25, 0.3) is 0 Å². The summed E-state index contributed by atoms with van der Waals surface area (Å²) in [5.41, 5.74) is 1.32. The van der Waals surface area contributed by atoms with E-state index in [0.29, 0.717) is 0 Å². The number of allylic oxidation sites excluding steroid dienone is 2. The minimum Gasteiger partial charge on any atom is -0.295 e. The van der Waals surface area contributed by atoms with Crippen LogP contribution in [-0.4, -0.2) is 5.78 Å². The van der Waals surface area contributed by atoms with E-state index >= 15 is 0 Å². The molecule has 13 heavy (non-hydrogen) atoms. The lowest BCUT2D eigenvalue weighted by atomic mass is 10.1. The average Bonchev–Trinajstić information content (AvgIpc) is 2.14. The van der Waals surface area contributed by atoms with Gasteiger partial charge in [-0.15, -0.1) is 0 Å². The van der Waals surface area contributed by atoms with E-state index in [-0.39, 0.29) is 5.78 Å². The number of hydrogen-bond donors (Lipinski definition) is 0. The predicted molar refractivity (Wildman–Crippen MR) is 54.6 cm³/mol. The van der Waals surface area contributed by atoms with Crippen molar-refractivity contribution in [3.63, 3.8) is 0 Å². The molecule has 0 unspecified atom stereocenters. The number of ketones is 1. The largest absolute Gasteiger partial charge is 0.295 e. The van der Waals surface area contributed by atoms with Crippen molar-refractivity contribution in [2.24, 2.45) is 0 Å². The second kappa shape index (κ2) is 5.31. The molecular weight excluding hydrogens is 160 g/mol. The molecule has 0 atom stereocenters. The fourth-order valence-corrected chi connectivity index (χ4v) is 1.14. The Balaban J connectivity index is 2.32. The van der Waals surface area contributed by atoms with Gasteiger partial charge >= 0.3 is 0 Å². The smallest absolute Gasteiger partial charge is 0.152 e. The van der Waals surface area contributed by atoms with Gasteiger partial charge < -0.3 is 0 Å². The average molecular weight is 174 g/mol. The van der Waals surface area contributed by atoms with Crippen LogP contribution in [0.2, 0.25) is 0 Å². The first kappa shape index (κ1) is 9.72. The third-order valence-corrected chi connectivity index (χ3v) is 1.80. The summed E-state index contributed by atoms with van der Waals surface area (Å²) >= 11 is 0. The van der Waals surface area contributed by atoms with Crippen molar-refractivity contribution in [1.29, 1.82) is 0 Å². The van der Waals surface area contributed by atoms with Gasteiger partial charge in [0.15, 0.2) is 5.78 Å². The first-order chi connectivity index (χ1) is 6.29. The standard InChI is InChI=1S/C12H14O/c1-11(13)7-5-6-10-12-8-3-2-4-9-12/h2-5,7-9H,6,10H2,1H3/b7-5-. The monoisotopic (exact) mass is 174 g/mol. The molecule has 1 heteroatoms. The molecule has 0 aliphatic rings. The molecular formula is C12H14O. The van der Waals surface area contributed by atoms with E-state index in [1.807, 2.05) is 24.3 Å². The SMILES string of the molecule is CC(=O)/C=C\CCc1ccccc1. The topological polar surface area (TPSA) is 17.1 Å². The van der Waals surface area contributed by atoms with Crippen LogP contribution in [0.25, 0.3) is 0 Å². The van der Waals surface area contributed by atoms with Gasteiger partial charge in [0.2, 0.25) is 0 Å². The first-order valence-corrected chi connectivity index (χ1v) is 4.50. The molecule has 0 radical (unpaired) electrons. The Morgan fingerprint density at radius 2 is 2.00 bits per heavy atom. The third-order valence-electron chi connectivity index (χ3n) is 1.80. The number of aryl methyl sites for hydroxylation is 1. The maximum atomic E-state index is 10.6. The fourth-order valence-electron chi connectivity index (χ4n) is 1.14. The zero-order valence-electron chi connectivity index (χ0n) is 7.86. The maximum Gasteiger partial charge on any atom is 0.152 e. The highest BCUT2D eigenvalue weighted by Crippen LogP contribution is 2.02. The molecule has 0 amide bonds. The zero-order valence-corrected chi connectivity index (χ0v) is 7.86. The highest BCUT2D eigenvalue weighted by atomic mass is 16.1. The minimum atomic E-state index is 0.119. The van der Waals surface area contributed by atoms with Crippen molar-refractivity contribution in [2.75, 3.05) is 0 Å². The number of carbonyl (C=O) groups excluding carboxylic acids is 1. The van der Waals surface area contributed by atoms with Crippen LogP contribution in [0.3, 0.4) is 0 Å².